The van der Waals surface area contributed by atoms with Crippen molar-refractivity contribution in [1.82, 2.24) is 10.2 Å². The second kappa shape index (κ2) is 7.64. The van der Waals surface area contributed by atoms with Crippen LogP contribution >= 0.6 is 0 Å². The third-order valence-corrected chi connectivity index (χ3v) is 4.08. The normalized spacial score (nSPS) is 21.0. The predicted molar refractivity (Wildman–Crippen MR) is 83.2 cm³/mol. The van der Waals surface area contributed by atoms with Gasteiger partial charge in [-0.25, -0.2) is 0 Å². The number of hydrogen-bond donors (Lipinski definition) is 1. The average Bonchev–Trinajstić information content (AvgIpc) is 2.53. The van der Waals surface area contributed by atoms with Crippen molar-refractivity contribution in [2.75, 3.05) is 47.6 Å². The minimum Gasteiger partial charge on any atom is -0.497 e. The first-order valence-electron chi connectivity index (χ1n) is 7.40. The highest BCUT2D eigenvalue weighted by molar-refractivity contribution is 5.42. The molecule has 1 heterocycles. The molecule has 5 nitrogen and oxygen atoms in total. The quantitative estimate of drug-likeness (QED) is 0.865. The van der Waals surface area contributed by atoms with Crippen LogP contribution in [0.3, 0.4) is 0 Å². The van der Waals surface area contributed by atoms with Crippen LogP contribution in [0.4, 0.5) is 0 Å². The Morgan fingerprint density at radius 1 is 1.38 bits per heavy atom. The fourth-order valence-electron chi connectivity index (χ4n) is 2.72. The van der Waals surface area contributed by atoms with Gasteiger partial charge >= 0.3 is 0 Å². The Kier molecular flexibility index (Phi) is 5.85. The summed E-state index contributed by atoms with van der Waals surface area (Å²) in [5.74, 6) is 1.73. The lowest BCUT2D eigenvalue weighted by molar-refractivity contribution is -0.00425. The highest BCUT2D eigenvalue weighted by Crippen LogP contribution is 2.30. The molecule has 1 aliphatic heterocycles. The number of methoxy groups -OCH3 is 2. The van der Waals surface area contributed by atoms with Crippen LogP contribution in [-0.2, 0) is 4.74 Å². The van der Waals surface area contributed by atoms with E-state index in [1.807, 2.05) is 25.2 Å². The summed E-state index contributed by atoms with van der Waals surface area (Å²) in [6.07, 6.45) is 0. The second-order valence-corrected chi connectivity index (χ2v) is 5.37. The van der Waals surface area contributed by atoms with Crippen LogP contribution in [-0.4, -0.2) is 58.5 Å². The molecule has 1 aromatic rings. The molecule has 0 aliphatic carbocycles. The summed E-state index contributed by atoms with van der Waals surface area (Å²) >= 11 is 0. The van der Waals surface area contributed by atoms with E-state index in [0.29, 0.717) is 6.04 Å². The maximum absolute atomic E-state index is 5.51. The highest BCUT2D eigenvalue weighted by atomic mass is 16.5. The van der Waals surface area contributed by atoms with Gasteiger partial charge in [0.2, 0.25) is 0 Å². The predicted octanol–water partition coefficient (Wildman–Crippen LogP) is 1.68. The summed E-state index contributed by atoms with van der Waals surface area (Å²) in [4.78, 5) is 2.45. The van der Waals surface area contributed by atoms with Crippen molar-refractivity contribution in [1.29, 1.82) is 0 Å². The fraction of sp³-hybridized carbons (Fsp3) is 0.625. The molecule has 0 aromatic heterocycles. The van der Waals surface area contributed by atoms with Crippen LogP contribution in [0.1, 0.15) is 18.5 Å². The fourth-order valence-corrected chi connectivity index (χ4v) is 2.72. The molecule has 1 saturated heterocycles. The first-order chi connectivity index (χ1) is 10.2. The van der Waals surface area contributed by atoms with E-state index in [1.165, 1.54) is 0 Å². The van der Waals surface area contributed by atoms with Crippen LogP contribution in [0.2, 0.25) is 0 Å². The molecule has 0 amide bonds. The Labute approximate surface area is 127 Å². The van der Waals surface area contributed by atoms with Gasteiger partial charge in [0.1, 0.15) is 11.5 Å². The molecule has 1 N–H and O–H groups in total. The largest absolute Gasteiger partial charge is 0.497 e. The van der Waals surface area contributed by atoms with Crippen LogP contribution in [0, 0.1) is 0 Å². The molecule has 0 saturated carbocycles. The van der Waals surface area contributed by atoms with Gasteiger partial charge in [-0.05, 0) is 32.2 Å². The van der Waals surface area contributed by atoms with Crippen molar-refractivity contribution in [3.05, 3.63) is 23.8 Å². The van der Waals surface area contributed by atoms with E-state index >= 15 is 0 Å². The lowest BCUT2D eigenvalue weighted by atomic mass is 10.0. The van der Waals surface area contributed by atoms with Gasteiger partial charge in [-0.3, -0.25) is 4.90 Å². The van der Waals surface area contributed by atoms with Crippen LogP contribution in [0.5, 0.6) is 11.5 Å². The summed E-state index contributed by atoms with van der Waals surface area (Å²) in [5.41, 5.74) is 1.12. The molecule has 1 fully saturated rings. The Bertz CT molecular complexity index is 453. The molecule has 21 heavy (non-hydrogen) atoms. The minimum absolute atomic E-state index is 0.190. The van der Waals surface area contributed by atoms with Gasteiger partial charge in [0.25, 0.3) is 0 Å². The SMILES string of the molecule is CNC(CN1CCOCC1C)c1cc(OC)ccc1OC. The van der Waals surface area contributed by atoms with E-state index in [0.717, 1.165) is 43.4 Å². The van der Waals surface area contributed by atoms with Gasteiger partial charge in [0.05, 0.1) is 27.4 Å². The number of morpholine rings is 1. The van der Waals surface area contributed by atoms with Gasteiger partial charge < -0.3 is 19.5 Å². The summed E-state index contributed by atoms with van der Waals surface area (Å²) in [6.45, 7) is 5.69. The molecule has 1 aliphatic rings. The summed E-state index contributed by atoms with van der Waals surface area (Å²) in [5, 5.41) is 3.39. The van der Waals surface area contributed by atoms with Crippen molar-refractivity contribution < 1.29 is 14.2 Å². The van der Waals surface area contributed by atoms with Crippen LogP contribution < -0.4 is 14.8 Å². The number of benzene rings is 1. The maximum atomic E-state index is 5.51. The molecule has 0 bridgehead atoms. The topological polar surface area (TPSA) is 43.0 Å². The zero-order chi connectivity index (χ0) is 15.2. The number of hydrogen-bond acceptors (Lipinski definition) is 5. The lowest BCUT2D eigenvalue weighted by Gasteiger charge is -2.36. The second-order valence-electron chi connectivity index (χ2n) is 5.37. The van der Waals surface area contributed by atoms with E-state index in [2.05, 4.69) is 17.1 Å². The molecular weight excluding hydrogens is 268 g/mol. The van der Waals surface area contributed by atoms with Gasteiger partial charge in [0, 0.05) is 30.7 Å². The number of ether oxygens (including phenoxy) is 3. The molecule has 118 valence electrons. The van der Waals surface area contributed by atoms with Crippen molar-refractivity contribution in [3.63, 3.8) is 0 Å². The van der Waals surface area contributed by atoms with E-state index in [4.69, 9.17) is 14.2 Å². The first kappa shape index (κ1) is 16.1. The molecule has 0 radical (unpaired) electrons. The number of rotatable bonds is 6. The maximum Gasteiger partial charge on any atom is 0.123 e. The third kappa shape index (κ3) is 3.87. The number of nitrogens with zero attached hydrogens (tertiary/aromatic N) is 1. The molecule has 2 atom stereocenters. The van der Waals surface area contributed by atoms with Crippen molar-refractivity contribution >= 4 is 0 Å². The van der Waals surface area contributed by atoms with Gasteiger partial charge in [-0.2, -0.15) is 0 Å². The zero-order valence-electron chi connectivity index (χ0n) is 13.4. The molecular formula is C16H26N2O3. The Morgan fingerprint density at radius 3 is 2.81 bits per heavy atom. The highest BCUT2D eigenvalue weighted by Gasteiger charge is 2.24. The van der Waals surface area contributed by atoms with E-state index in [1.54, 1.807) is 14.2 Å². The average molecular weight is 294 g/mol. The lowest BCUT2D eigenvalue weighted by Crippen LogP contribution is -2.47. The summed E-state index contributed by atoms with van der Waals surface area (Å²) in [6, 6.07) is 6.56. The Morgan fingerprint density at radius 2 is 2.19 bits per heavy atom. The molecule has 2 unspecified atom stereocenters. The standard InChI is InChI=1S/C16H26N2O3/c1-12-11-21-8-7-18(12)10-15(17-2)14-9-13(19-3)5-6-16(14)20-4/h5-6,9,12,15,17H,7-8,10-11H2,1-4H3. The summed E-state index contributed by atoms with van der Waals surface area (Å²) < 4.78 is 16.4. The molecule has 2 rings (SSSR count). The number of nitrogens with one attached hydrogen (secondary N) is 1. The van der Waals surface area contributed by atoms with Gasteiger partial charge in [-0.1, -0.05) is 0 Å². The minimum atomic E-state index is 0.190. The Hall–Kier alpha value is -1.30. The molecule has 0 spiro atoms. The van der Waals surface area contributed by atoms with Gasteiger partial charge in [-0.15, -0.1) is 0 Å². The van der Waals surface area contributed by atoms with E-state index in [9.17, 15) is 0 Å². The smallest absolute Gasteiger partial charge is 0.123 e. The Balaban J connectivity index is 2.19. The zero-order valence-corrected chi connectivity index (χ0v) is 13.4. The van der Waals surface area contributed by atoms with E-state index < -0.39 is 0 Å². The number of likely N-dealkylation sites (N-methyl/N-ethyl adjacent to an activating group) is 1. The first-order valence-corrected chi connectivity index (χ1v) is 7.40. The molecule has 5 heteroatoms. The van der Waals surface area contributed by atoms with Crippen molar-refractivity contribution in [2.24, 2.45) is 0 Å². The summed E-state index contributed by atoms with van der Waals surface area (Å²) in [7, 11) is 5.37. The van der Waals surface area contributed by atoms with Crippen molar-refractivity contribution in [3.8, 4) is 11.5 Å². The third-order valence-electron chi connectivity index (χ3n) is 4.08. The van der Waals surface area contributed by atoms with E-state index in [-0.39, 0.29) is 6.04 Å². The van der Waals surface area contributed by atoms with Gasteiger partial charge in [0.15, 0.2) is 0 Å². The monoisotopic (exact) mass is 294 g/mol. The van der Waals surface area contributed by atoms with Crippen molar-refractivity contribution in [2.45, 2.75) is 19.0 Å². The van der Waals surface area contributed by atoms with Crippen LogP contribution in [0.25, 0.3) is 0 Å². The molecule has 1 aromatic carbocycles. The van der Waals surface area contributed by atoms with Crippen LogP contribution in [0.15, 0.2) is 18.2 Å².